The molecule has 2 aromatic carbocycles. The van der Waals surface area contributed by atoms with Crippen molar-refractivity contribution < 1.29 is 4.74 Å². The third kappa shape index (κ3) is 3.45. The molecular formula is C18H17ClOS. The Hall–Kier alpha value is -1.38. The highest BCUT2D eigenvalue weighted by Crippen LogP contribution is 2.33. The van der Waals surface area contributed by atoms with Crippen LogP contribution in [0, 0.1) is 6.92 Å². The van der Waals surface area contributed by atoms with Crippen molar-refractivity contribution in [3.05, 3.63) is 69.6 Å². The van der Waals surface area contributed by atoms with Gasteiger partial charge in [-0.05, 0) is 66.1 Å². The van der Waals surface area contributed by atoms with Gasteiger partial charge in [0, 0.05) is 9.92 Å². The zero-order chi connectivity index (χ0) is 14.7. The second-order valence-corrected chi connectivity index (χ2v) is 6.49. The molecule has 0 bridgehead atoms. The monoisotopic (exact) mass is 316 g/mol. The van der Waals surface area contributed by atoms with Crippen LogP contribution >= 0.6 is 23.4 Å². The molecule has 0 unspecified atom stereocenters. The fraction of sp³-hybridized carbons (Fsp3) is 0.222. The highest BCUT2D eigenvalue weighted by Gasteiger charge is 2.15. The van der Waals surface area contributed by atoms with E-state index in [2.05, 4.69) is 36.6 Å². The van der Waals surface area contributed by atoms with Crippen molar-refractivity contribution in [2.75, 3.05) is 6.61 Å². The second-order valence-electron chi connectivity index (χ2n) is 5.14. The molecule has 0 saturated carbocycles. The smallest absolute Gasteiger partial charge is 0.123 e. The SMILES string of the molecule is Cc1c(Cl)ccc2c1CC/C(=C/Sc1ccccc1)CO2. The number of rotatable bonds is 2. The van der Waals surface area contributed by atoms with Crippen molar-refractivity contribution in [2.24, 2.45) is 0 Å². The van der Waals surface area contributed by atoms with E-state index in [0.717, 1.165) is 29.2 Å². The Morgan fingerprint density at radius 1 is 1.10 bits per heavy atom. The maximum atomic E-state index is 6.20. The average molecular weight is 317 g/mol. The number of ether oxygens (including phenoxy) is 1. The first-order chi connectivity index (χ1) is 10.2. The molecule has 1 nitrogen and oxygen atoms in total. The van der Waals surface area contributed by atoms with Gasteiger partial charge < -0.3 is 4.74 Å². The molecule has 2 aromatic rings. The van der Waals surface area contributed by atoms with Crippen molar-refractivity contribution in [3.63, 3.8) is 0 Å². The number of hydrogen-bond donors (Lipinski definition) is 0. The molecule has 0 atom stereocenters. The molecule has 1 heterocycles. The van der Waals surface area contributed by atoms with Gasteiger partial charge in [0.1, 0.15) is 12.4 Å². The van der Waals surface area contributed by atoms with Crippen molar-refractivity contribution in [1.82, 2.24) is 0 Å². The van der Waals surface area contributed by atoms with E-state index in [1.165, 1.54) is 16.0 Å². The van der Waals surface area contributed by atoms with E-state index in [9.17, 15) is 0 Å². The number of hydrogen-bond acceptors (Lipinski definition) is 2. The summed E-state index contributed by atoms with van der Waals surface area (Å²) in [5.74, 6) is 0.977. The van der Waals surface area contributed by atoms with E-state index >= 15 is 0 Å². The number of halogens is 1. The molecule has 0 saturated heterocycles. The minimum Gasteiger partial charge on any atom is -0.489 e. The van der Waals surface area contributed by atoms with Gasteiger partial charge in [-0.2, -0.15) is 0 Å². The number of thioether (sulfide) groups is 1. The standard InChI is InChI=1S/C18H17ClOS/c1-13-16-8-7-14(11-20-18(16)10-9-17(13)19)12-21-15-5-3-2-4-6-15/h2-6,9-10,12H,7-8,11H2,1H3/b14-12-. The van der Waals surface area contributed by atoms with E-state index in [1.54, 1.807) is 11.8 Å². The highest BCUT2D eigenvalue weighted by atomic mass is 35.5. The van der Waals surface area contributed by atoms with E-state index in [4.69, 9.17) is 16.3 Å². The van der Waals surface area contributed by atoms with Crippen LogP contribution in [0.25, 0.3) is 0 Å². The molecule has 0 fully saturated rings. The van der Waals surface area contributed by atoms with E-state index < -0.39 is 0 Å². The summed E-state index contributed by atoms with van der Waals surface area (Å²) in [6.07, 6.45) is 2.01. The first kappa shape index (κ1) is 14.6. The molecule has 0 aromatic heterocycles. The zero-order valence-electron chi connectivity index (χ0n) is 11.9. The van der Waals surface area contributed by atoms with Gasteiger partial charge in [0.05, 0.1) is 0 Å². The van der Waals surface area contributed by atoms with E-state index in [1.807, 2.05) is 18.2 Å². The molecule has 1 aliphatic heterocycles. The Balaban J connectivity index is 1.74. The highest BCUT2D eigenvalue weighted by molar-refractivity contribution is 8.02. The predicted molar refractivity (Wildman–Crippen MR) is 90.4 cm³/mol. The van der Waals surface area contributed by atoms with Crippen LogP contribution in [0.5, 0.6) is 5.75 Å². The van der Waals surface area contributed by atoms with Gasteiger partial charge in [-0.3, -0.25) is 0 Å². The first-order valence-electron chi connectivity index (χ1n) is 7.04. The molecule has 0 N–H and O–H groups in total. The fourth-order valence-electron chi connectivity index (χ4n) is 2.42. The number of fused-ring (bicyclic) bond motifs is 1. The van der Waals surface area contributed by atoms with Gasteiger partial charge in [-0.1, -0.05) is 41.6 Å². The van der Waals surface area contributed by atoms with Crippen molar-refractivity contribution >= 4 is 23.4 Å². The third-order valence-corrected chi connectivity index (χ3v) is 5.11. The summed E-state index contributed by atoms with van der Waals surface area (Å²) in [5.41, 5.74) is 3.72. The van der Waals surface area contributed by atoms with Crippen LogP contribution in [-0.4, -0.2) is 6.61 Å². The summed E-state index contributed by atoms with van der Waals surface area (Å²) >= 11 is 7.96. The van der Waals surface area contributed by atoms with Gasteiger partial charge in [0.15, 0.2) is 0 Å². The second kappa shape index (κ2) is 6.59. The van der Waals surface area contributed by atoms with Crippen molar-refractivity contribution in [2.45, 2.75) is 24.7 Å². The van der Waals surface area contributed by atoms with Crippen LogP contribution < -0.4 is 4.74 Å². The normalized spacial score (nSPS) is 16.2. The Labute approximate surface area is 135 Å². The quantitative estimate of drug-likeness (QED) is 0.662. The van der Waals surface area contributed by atoms with Gasteiger partial charge >= 0.3 is 0 Å². The maximum absolute atomic E-state index is 6.20. The molecule has 108 valence electrons. The van der Waals surface area contributed by atoms with E-state index in [-0.39, 0.29) is 0 Å². The van der Waals surface area contributed by atoms with Crippen LogP contribution in [0.2, 0.25) is 5.02 Å². The summed E-state index contributed by atoms with van der Waals surface area (Å²) in [7, 11) is 0. The van der Waals surface area contributed by atoms with Crippen LogP contribution in [-0.2, 0) is 6.42 Å². The lowest BCUT2D eigenvalue weighted by atomic mass is 10.0. The van der Waals surface area contributed by atoms with Gasteiger partial charge in [-0.25, -0.2) is 0 Å². The largest absolute Gasteiger partial charge is 0.489 e. The predicted octanol–water partition coefficient (Wildman–Crippen LogP) is 5.65. The van der Waals surface area contributed by atoms with Crippen LogP contribution in [0.1, 0.15) is 17.5 Å². The maximum Gasteiger partial charge on any atom is 0.123 e. The molecule has 0 amide bonds. The molecule has 0 aliphatic carbocycles. The summed E-state index contributed by atoms with van der Waals surface area (Å²) in [6.45, 7) is 2.73. The van der Waals surface area contributed by atoms with Crippen LogP contribution in [0.15, 0.2) is 58.3 Å². The molecule has 21 heavy (non-hydrogen) atoms. The summed E-state index contributed by atoms with van der Waals surface area (Å²) in [6, 6.07) is 14.3. The topological polar surface area (TPSA) is 9.23 Å². The lowest BCUT2D eigenvalue weighted by Gasteiger charge is -2.10. The van der Waals surface area contributed by atoms with Gasteiger partial charge in [0.25, 0.3) is 0 Å². The molecule has 0 radical (unpaired) electrons. The molecule has 1 aliphatic rings. The summed E-state index contributed by atoms with van der Waals surface area (Å²) in [4.78, 5) is 1.26. The van der Waals surface area contributed by atoms with Gasteiger partial charge in [0.2, 0.25) is 0 Å². The summed E-state index contributed by atoms with van der Waals surface area (Å²) in [5, 5.41) is 3.04. The number of benzene rings is 2. The Bertz CT molecular complexity index is 664. The summed E-state index contributed by atoms with van der Waals surface area (Å²) < 4.78 is 5.95. The average Bonchev–Trinajstić information content (AvgIpc) is 2.73. The Morgan fingerprint density at radius 2 is 1.90 bits per heavy atom. The molecule has 3 heteroatoms. The van der Waals surface area contributed by atoms with Crippen molar-refractivity contribution in [1.29, 1.82) is 0 Å². The third-order valence-electron chi connectivity index (χ3n) is 3.70. The van der Waals surface area contributed by atoms with Gasteiger partial charge in [-0.15, -0.1) is 0 Å². The van der Waals surface area contributed by atoms with Crippen LogP contribution in [0.4, 0.5) is 0 Å². The zero-order valence-corrected chi connectivity index (χ0v) is 13.5. The molecular weight excluding hydrogens is 300 g/mol. The minimum atomic E-state index is 0.661. The minimum absolute atomic E-state index is 0.661. The molecule has 0 spiro atoms. The molecule has 3 rings (SSSR count). The lowest BCUT2D eigenvalue weighted by Crippen LogP contribution is -1.98. The van der Waals surface area contributed by atoms with E-state index in [0.29, 0.717) is 6.61 Å². The Morgan fingerprint density at radius 3 is 2.71 bits per heavy atom. The van der Waals surface area contributed by atoms with Crippen LogP contribution in [0.3, 0.4) is 0 Å². The lowest BCUT2D eigenvalue weighted by molar-refractivity contribution is 0.353. The first-order valence-corrected chi connectivity index (χ1v) is 8.30. The Kier molecular flexibility index (Phi) is 4.57. The fourth-order valence-corrected chi connectivity index (χ4v) is 3.40. The van der Waals surface area contributed by atoms with Crippen molar-refractivity contribution in [3.8, 4) is 5.75 Å².